The van der Waals surface area contributed by atoms with Crippen molar-refractivity contribution in [3.05, 3.63) is 18.2 Å². The number of halogens is 1. The van der Waals surface area contributed by atoms with Crippen LogP contribution in [-0.2, 0) is 13.8 Å². The molecule has 1 heterocycles. The SMILES string of the molecule is CN1C(=O)CC(C)(C)Oc2ccc(S(=O)(=O)Cl)cc21. The number of benzene rings is 1. The molecule has 0 radical (unpaired) electrons. The molecule has 1 aliphatic heterocycles. The van der Waals surface area contributed by atoms with Gasteiger partial charge in [0, 0.05) is 17.7 Å². The van der Waals surface area contributed by atoms with Crippen molar-refractivity contribution in [1.82, 2.24) is 0 Å². The number of nitrogens with zero attached hydrogens (tertiary/aromatic N) is 1. The lowest BCUT2D eigenvalue weighted by molar-refractivity contribution is -0.120. The van der Waals surface area contributed by atoms with Gasteiger partial charge >= 0.3 is 0 Å². The molecule has 0 bridgehead atoms. The van der Waals surface area contributed by atoms with E-state index in [0.29, 0.717) is 11.4 Å². The van der Waals surface area contributed by atoms with Crippen LogP contribution in [0, 0.1) is 0 Å². The highest BCUT2D eigenvalue weighted by atomic mass is 35.7. The highest BCUT2D eigenvalue weighted by Crippen LogP contribution is 2.37. The lowest BCUT2D eigenvalue weighted by atomic mass is 10.1. The predicted molar refractivity (Wildman–Crippen MR) is 72.2 cm³/mol. The molecule has 19 heavy (non-hydrogen) atoms. The van der Waals surface area contributed by atoms with Gasteiger partial charge in [0.05, 0.1) is 17.0 Å². The Balaban J connectivity index is 2.61. The molecule has 7 heteroatoms. The van der Waals surface area contributed by atoms with Gasteiger partial charge in [-0.15, -0.1) is 0 Å². The molecule has 2 rings (SSSR count). The maximum absolute atomic E-state index is 12.0. The van der Waals surface area contributed by atoms with Crippen LogP contribution in [0.1, 0.15) is 20.3 Å². The summed E-state index contributed by atoms with van der Waals surface area (Å²) in [5.74, 6) is 0.315. The van der Waals surface area contributed by atoms with Gasteiger partial charge < -0.3 is 9.64 Å². The smallest absolute Gasteiger partial charge is 0.261 e. The van der Waals surface area contributed by atoms with Crippen LogP contribution in [0.5, 0.6) is 5.75 Å². The van der Waals surface area contributed by atoms with Crippen molar-refractivity contribution in [2.24, 2.45) is 0 Å². The van der Waals surface area contributed by atoms with Crippen LogP contribution in [-0.4, -0.2) is 27.0 Å². The van der Waals surface area contributed by atoms with Gasteiger partial charge in [0.25, 0.3) is 9.05 Å². The van der Waals surface area contributed by atoms with Gasteiger partial charge in [-0.3, -0.25) is 4.79 Å². The van der Waals surface area contributed by atoms with E-state index in [1.807, 2.05) is 0 Å². The van der Waals surface area contributed by atoms with E-state index in [2.05, 4.69) is 0 Å². The molecule has 0 N–H and O–H groups in total. The second kappa shape index (κ2) is 4.38. The minimum absolute atomic E-state index is 0.0594. The molecule has 0 spiro atoms. The minimum atomic E-state index is -3.84. The van der Waals surface area contributed by atoms with Gasteiger partial charge in [0.15, 0.2) is 0 Å². The first-order chi connectivity index (χ1) is 8.60. The van der Waals surface area contributed by atoms with Crippen LogP contribution in [0.4, 0.5) is 5.69 Å². The van der Waals surface area contributed by atoms with Crippen molar-refractivity contribution in [2.45, 2.75) is 30.8 Å². The van der Waals surface area contributed by atoms with Crippen LogP contribution < -0.4 is 9.64 Å². The number of amides is 1. The van der Waals surface area contributed by atoms with Gasteiger partial charge in [-0.25, -0.2) is 8.42 Å². The molecule has 0 aliphatic carbocycles. The molecule has 104 valence electrons. The third kappa shape index (κ3) is 2.84. The topological polar surface area (TPSA) is 63.7 Å². The summed E-state index contributed by atoms with van der Waals surface area (Å²) in [5.41, 5.74) is -0.241. The lowest BCUT2D eigenvalue weighted by Gasteiger charge is -2.23. The highest BCUT2D eigenvalue weighted by molar-refractivity contribution is 8.13. The summed E-state index contributed by atoms with van der Waals surface area (Å²) < 4.78 is 28.4. The standard InChI is InChI=1S/C12H14ClNO4S/c1-12(2)7-11(15)14(3)9-6-8(19(13,16)17)4-5-10(9)18-12/h4-6H,7H2,1-3H3. The monoisotopic (exact) mass is 303 g/mol. The fourth-order valence-electron chi connectivity index (χ4n) is 1.95. The number of fused-ring (bicyclic) bond motifs is 1. The van der Waals surface area contributed by atoms with E-state index in [9.17, 15) is 13.2 Å². The number of hydrogen-bond acceptors (Lipinski definition) is 4. The molecule has 0 fully saturated rings. The molecule has 0 saturated heterocycles. The van der Waals surface area contributed by atoms with E-state index >= 15 is 0 Å². The van der Waals surface area contributed by atoms with Crippen LogP contribution >= 0.6 is 10.7 Å². The van der Waals surface area contributed by atoms with Crippen molar-refractivity contribution < 1.29 is 17.9 Å². The van der Waals surface area contributed by atoms with Gasteiger partial charge in [-0.05, 0) is 32.0 Å². The maximum Gasteiger partial charge on any atom is 0.261 e. The number of carbonyl (C=O) groups excluding carboxylic acids is 1. The van der Waals surface area contributed by atoms with E-state index in [-0.39, 0.29) is 17.2 Å². The van der Waals surface area contributed by atoms with Gasteiger partial charge in [0.2, 0.25) is 5.91 Å². The van der Waals surface area contributed by atoms with Crippen molar-refractivity contribution in [3.8, 4) is 5.75 Å². The molecule has 0 atom stereocenters. The molecule has 1 aromatic carbocycles. The lowest BCUT2D eigenvalue weighted by Crippen LogP contribution is -2.34. The van der Waals surface area contributed by atoms with Crippen molar-refractivity contribution >= 4 is 31.3 Å². The Hall–Kier alpha value is -1.27. The maximum atomic E-state index is 12.0. The second-order valence-corrected chi connectivity index (χ2v) is 7.62. The summed E-state index contributed by atoms with van der Waals surface area (Å²) >= 11 is 0. The predicted octanol–water partition coefficient (Wildman–Crippen LogP) is 2.14. The molecule has 5 nitrogen and oxygen atoms in total. The Morgan fingerprint density at radius 2 is 2.00 bits per heavy atom. The summed E-state index contributed by atoms with van der Waals surface area (Å²) in [5, 5.41) is 0. The van der Waals surface area contributed by atoms with E-state index in [4.69, 9.17) is 15.4 Å². The zero-order chi connectivity index (χ0) is 14.4. The van der Waals surface area contributed by atoms with E-state index in [1.54, 1.807) is 20.9 Å². The number of ether oxygens (including phenoxy) is 1. The molecule has 0 unspecified atom stereocenters. The Kier molecular flexibility index (Phi) is 3.26. The van der Waals surface area contributed by atoms with Gasteiger partial charge in [-0.1, -0.05) is 0 Å². The minimum Gasteiger partial charge on any atom is -0.485 e. The van der Waals surface area contributed by atoms with E-state index < -0.39 is 14.7 Å². The summed E-state index contributed by atoms with van der Waals surface area (Å²) in [6.45, 7) is 3.61. The molecule has 0 saturated carbocycles. The zero-order valence-electron chi connectivity index (χ0n) is 10.8. The second-order valence-electron chi connectivity index (χ2n) is 5.06. The fourth-order valence-corrected chi connectivity index (χ4v) is 2.72. The Morgan fingerprint density at radius 1 is 1.37 bits per heavy atom. The Morgan fingerprint density at radius 3 is 2.58 bits per heavy atom. The van der Waals surface area contributed by atoms with Crippen LogP contribution in [0.2, 0.25) is 0 Å². The average molecular weight is 304 g/mol. The first-order valence-corrected chi connectivity index (χ1v) is 7.95. The Bertz CT molecular complexity index is 639. The summed E-state index contributed by atoms with van der Waals surface area (Å²) in [6.07, 6.45) is 0.209. The van der Waals surface area contributed by atoms with Crippen LogP contribution in [0.15, 0.2) is 23.1 Å². The van der Waals surface area contributed by atoms with Crippen molar-refractivity contribution in [3.63, 3.8) is 0 Å². The number of anilines is 1. The molecule has 1 amide bonds. The highest BCUT2D eigenvalue weighted by Gasteiger charge is 2.32. The normalized spacial score (nSPS) is 18.5. The van der Waals surface area contributed by atoms with Gasteiger partial charge in [-0.2, -0.15) is 0 Å². The van der Waals surface area contributed by atoms with E-state index in [0.717, 1.165) is 0 Å². The first-order valence-electron chi connectivity index (χ1n) is 5.64. The third-order valence-electron chi connectivity index (χ3n) is 2.91. The van der Waals surface area contributed by atoms with Crippen LogP contribution in [0.3, 0.4) is 0 Å². The molecule has 1 aromatic rings. The average Bonchev–Trinajstić information content (AvgIpc) is 2.33. The first kappa shape index (κ1) is 14.1. The Labute approximate surface area is 116 Å². The largest absolute Gasteiger partial charge is 0.485 e. The molecular weight excluding hydrogens is 290 g/mol. The summed E-state index contributed by atoms with van der Waals surface area (Å²) in [7, 11) is 3.05. The molecule has 0 aromatic heterocycles. The summed E-state index contributed by atoms with van der Waals surface area (Å²) in [6, 6.07) is 4.22. The number of carbonyl (C=O) groups is 1. The molecular formula is C12H14ClNO4S. The van der Waals surface area contributed by atoms with Crippen molar-refractivity contribution in [2.75, 3.05) is 11.9 Å². The molecule has 1 aliphatic rings. The van der Waals surface area contributed by atoms with E-state index in [1.165, 1.54) is 23.1 Å². The zero-order valence-corrected chi connectivity index (χ0v) is 12.4. The number of rotatable bonds is 1. The number of hydrogen-bond donors (Lipinski definition) is 0. The summed E-state index contributed by atoms with van der Waals surface area (Å²) in [4.78, 5) is 13.3. The van der Waals surface area contributed by atoms with Gasteiger partial charge in [0.1, 0.15) is 11.4 Å². The third-order valence-corrected chi connectivity index (χ3v) is 4.26. The van der Waals surface area contributed by atoms with Crippen LogP contribution in [0.25, 0.3) is 0 Å². The fraction of sp³-hybridized carbons (Fsp3) is 0.417. The van der Waals surface area contributed by atoms with Crippen molar-refractivity contribution in [1.29, 1.82) is 0 Å². The quantitative estimate of drug-likeness (QED) is 0.746.